The lowest BCUT2D eigenvalue weighted by Crippen LogP contribution is -2.30. The molecule has 0 unspecified atom stereocenters. The molecule has 0 radical (unpaired) electrons. The Morgan fingerprint density at radius 3 is 1.20 bits per heavy atom. The third-order valence-electron chi connectivity index (χ3n) is 6.69. The molecule has 0 N–H and O–H groups in total. The molecular formula is C29H54O6. The third-order valence-corrected chi connectivity index (χ3v) is 6.69. The summed E-state index contributed by atoms with van der Waals surface area (Å²) in [5.41, 5.74) is 0. The first-order valence-electron chi connectivity index (χ1n) is 14.5. The first-order valence-corrected chi connectivity index (χ1v) is 14.5. The van der Waals surface area contributed by atoms with Gasteiger partial charge in [0.25, 0.3) is 0 Å². The lowest BCUT2D eigenvalue weighted by molar-refractivity contribution is -0.0271. The SMILES string of the molecule is CC(C)CCCCCCCCOC(=O)OC1CCC(OC(=O)OCCCCCCCC(C)C)CC1. The Morgan fingerprint density at radius 1 is 0.543 bits per heavy atom. The average Bonchev–Trinajstić information content (AvgIpc) is 2.80. The highest BCUT2D eigenvalue weighted by atomic mass is 16.7. The molecule has 0 atom stereocenters. The van der Waals surface area contributed by atoms with Crippen molar-refractivity contribution in [1.82, 2.24) is 0 Å². The molecule has 1 aliphatic rings. The normalized spacial score (nSPS) is 18.0. The van der Waals surface area contributed by atoms with Crippen molar-refractivity contribution in [3.05, 3.63) is 0 Å². The van der Waals surface area contributed by atoms with E-state index in [2.05, 4.69) is 27.7 Å². The second-order valence-corrected chi connectivity index (χ2v) is 11.1. The van der Waals surface area contributed by atoms with Crippen molar-refractivity contribution in [2.45, 2.75) is 149 Å². The fourth-order valence-electron chi connectivity index (χ4n) is 4.47. The van der Waals surface area contributed by atoms with Gasteiger partial charge in [0.2, 0.25) is 0 Å². The van der Waals surface area contributed by atoms with E-state index in [0.29, 0.717) is 38.9 Å². The van der Waals surface area contributed by atoms with E-state index in [-0.39, 0.29) is 12.2 Å². The number of carbonyl (C=O) groups excluding carboxylic acids is 2. The van der Waals surface area contributed by atoms with Gasteiger partial charge in [-0.25, -0.2) is 9.59 Å². The average molecular weight is 499 g/mol. The van der Waals surface area contributed by atoms with Gasteiger partial charge < -0.3 is 18.9 Å². The molecule has 35 heavy (non-hydrogen) atoms. The van der Waals surface area contributed by atoms with Crippen LogP contribution < -0.4 is 0 Å². The molecule has 0 aliphatic heterocycles. The Morgan fingerprint density at radius 2 is 0.857 bits per heavy atom. The van der Waals surface area contributed by atoms with E-state index in [0.717, 1.165) is 37.5 Å². The zero-order valence-corrected chi connectivity index (χ0v) is 23.2. The van der Waals surface area contributed by atoms with Crippen LogP contribution in [-0.2, 0) is 18.9 Å². The highest BCUT2D eigenvalue weighted by Crippen LogP contribution is 2.24. The van der Waals surface area contributed by atoms with Crippen molar-refractivity contribution in [3.63, 3.8) is 0 Å². The molecule has 206 valence electrons. The van der Waals surface area contributed by atoms with Crippen molar-refractivity contribution in [1.29, 1.82) is 0 Å². The Bertz CT molecular complexity index is 525. The van der Waals surface area contributed by atoms with E-state index in [1.807, 2.05) is 0 Å². The topological polar surface area (TPSA) is 71.1 Å². The molecule has 1 aliphatic carbocycles. The third kappa shape index (κ3) is 19.4. The van der Waals surface area contributed by atoms with Gasteiger partial charge in [-0.2, -0.15) is 0 Å². The van der Waals surface area contributed by atoms with Crippen molar-refractivity contribution in [2.75, 3.05) is 13.2 Å². The summed E-state index contributed by atoms with van der Waals surface area (Å²) in [5.74, 6) is 1.57. The molecule has 0 spiro atoms. The zero-order valence-electron chi connectivity index (χ0n) is 23.2. The summed E-state index contributed by atoms with van der Waals surface area (Å²) in [6.45, 7) is 9.90. The van der Waals surface area contributed by atoms with Crippen LogP contribution in [0.4, 0.5) is 9.59 Å². The molecule has 6 nitrogen and oxygen atoms in total. The first kappa shape index (κ1) is 31.6. The van der Waals surface area contributed by atoms with E-state index in [4.69, 9.17) is 18.9 Å². The van der Waals surface area contributed by atoms with E-state index < -0.39 is 12.3 Å². The summed E-state index contributed by atoms with van der Waals surface area (Å²) < 4.78 is 21.3. The molecule has 6 heteroatoms. The number of hydrogen-bond donors (Lipinski definition) is 0. The minimum atomic E-state index is -0.575. The molecule has 0 bridgehead atoms. The molecular weight excluding hydrogens is 444 g/mol. The maximum Gasteiger partial charge on any atom is 0.508 e. The highest BCUT2D eigenvalue weighted by Gasteiger charge is 2.27. The molecule has 0 aromatic heterocycles. The molecule has 0 aromatic rings. The van der Waals surface area contributed by atoms with Crippen molar-refractivity contribution in [3.8, 4) is 0 Å². The summed E-state index contributed by atoms with van der Waals surface area (Å²) in [6.07, 6.45) is 16.6. The predicted octanol–water partition coefficient (Wildman–Crippen LogP) is 8.99. The minimum Gasteiger partial charge on any atom is -0.434 e. The molecule has 1 rings (SSSR count). The van der Waals surface area contributed by atoms with Gasteiger partial charge in [0, 0.05) is 0 Å². The Kier molecular flexibility index (Phi) is 18.7. The lowest BCUT2D eigenvalue weighted by atomic mass is 9.95. The van der Waals surface area contributed by atoms with Crippen LogP contribution in [0.1, 0.15) is 137 Å². The highest BCUT2D eigenvalue weighted by molar-refractivity contribution is 5.60. The van der Waals surface area contributed by atoms with Gasteiger partial charge in [0.05, 0.1) is 13.2 Å². The Labute approximate surface area is 215 Å². The van der Waals surface area contributed by atoms with Crippen molar-refractivity contribution in [2.24, 2.45) is 11.8 Å². The Hall–Kier alpha value is -1.46. The van der Waals surface area contributed by atoms with Crippen molar-refractivity contribution >= 4 is 12.3 Å². The van der Waals surface area contributed by atoms with Gasteiger partial charge in [-0.1, -0.05) is 98.3 Å². The molecule has 0 aromatic carbocycles. The van der Waals surface area contributed by atoms with Gasteiger partial charge in [-0.05, 0) is 50.4 Å². The maximum absolute atomic E-state index is 11.9. The molecule has 1 fully saturated rings. The monoisotopic (exact) mass is 498 g/mol. The zero-order chi connectivity index (χ0) is 25.7. The number of ether oxygens (including phenoxy) is 4. The fraction of sp³-hybridized carbons (Fsp3) is 0.931. The second kappa shape index (κ2) is 20.7. The second-order valence-electron chi connectivity index (χ2n) is 11.1. The summed E-state index contributed by atoms with van der Waals surface area (Å²) in [6, 6.07) is 0. The smallest absolute Gasteiger partial charge is 0.434 e. The van der Waals surface area contributed by atoms with Crippen LogP contribution in [0.25, 0.3) is 0 Å². The summed E-state index contributed by atoms with van der Waals surface area (Å²) >= 11 is 0. The summed E-state index contributed by atoms with van der Waals surface area (Å²) in [4.78, 5) is 23.8. The first-order chi connectivity index (χ1) is 16.9. The van der Waals surface area contributed by atoms with Crippen LogP contribution in [0.15, 0.2) is 0 Å². The van der Waals surface area contributed by atoms with Crippen LogP contribution in [-0.4, -0.2) is 37.7 Å². The molecule has 1 saturated carbocycles. The molecule has 0 saturated heterocycles. The molecule has 0 amide bonds. The van der Waals surface area contributed by atoms with E-state index in [1.165, 1.54) is 57.8 Å². The predicted molar refractivity (Wildman–Crippen MR) is 141 cm³/mol. The summed E-state index contributed by atoms with van der Waals surface area (Å²) in [5, 5.41) is 0. The van der Waals surface area contributed by atoms with Gasteiger partial charge in [0.15, 0.2) is 0 Å². The Balaban J connectivity index is 1.95. The van der Waals surface area contributed by atoms with Crippen LogP contribution in [0.2, 0.25) is 0 Å². The number of carbonyl (C=O) groups is 2. The molecule has 0 heterocycles. The minimum absolute atomic E-state index is 0.157. The van der Waals surface area contributed by atoms with Gasteiger partial charge in [-0.3, -0.25) is 0 Å². The van der Waals surface area contributed by atoms with Gasteiger partial charge in [-0.15, -0.1) is 0 Å². The lowest BCUT2D eigenvalue weighted by Gasteiger charge is -2.27. The van der Waals surface area contributed by atoms with Crippen LogP contribution in [0, 0.1) is 11.8 Å². The maximum atomic E-state index is 11.9. The fourth-order valence-corrected chi connectivity index (χ4v) is 4.47. The number of unbranched alkanes of at least 4 members (excludes halogenated alkanes) is 9. The van der Waals surface area contributed by atoms with Crippen molar-refractivity contribution < 1.29 is 28.5 Å². The van der Waals surface area contributed by atoms with E-state index in [9.17, 15) is 9.59 Å². The largest absolute Gasteiger partial charge is 0.508 e. The van der Waals surface area contributed by atoms with E-state index >= 15 is 0 Å². The van der Waals surface area contributed by atoms with Crippen LogP contribution >= 0.6 is 0 Å². The van der Waals surface area contributed by atoms with E-state index in [1.54, 1.807) is 0 Å². The van der Waals surface area contributed by atoms with Crippen LogP contribution in [0.3, 0.4) is 0 Å². The standard InChI is InChI=1S/C29H54O6/c1-24(2)16-12-8-5-6-10-14-22-32-28(30)34-26-18-20-27(21-19-26)35-29(31)33-23-15-11-7-9-13-17-25(3)4/h24-27H,5-23H2,1-4H3. The van der Waals surface area contributed by atoms with Gasteiger partial charge >= 0.3 is 12.3 Å². The quantitative estimate of drug-likeness (QED) is 0.131. The van der Waals surface area contributed by atoms with Crippen LogP contribution in [0.5, 0.6) is 0 Å². The van der Waals surface area contributed by atoms with Gasteiger partial charge in [0.1, 0.15) is 12.2 Å². The number of hydrogen-bond acceptors (Lipinski definition) is 6. The number of rotatable bonds is 19. The summed E-state index contributed by atoms with van der Waals surface area (Å²) in [7, 11) is 0.